The summed E-state index contributed by atoms with van der Waals surface area (Å²) in [4.78, 5) is 42.7. The Bertz CT molecular complexity index is 1860. The molecule has 250 valence electrons. The Morgan fingerprint density at radius 2 is 1.35 bits per heavy atom. The number of aromatic hydroxyl groups is 1. The SMILES string of the molecule is CCOC(=O)c1cc(Oc2nc(Oc3cccc(C(=O)N(C)C)c3)c(F)c(Oc3cc(C(=N)N)ccc3O)c2F)cc(C(=O)OCC)c1. The van der Waals surface area contributed by atoms with Crippen molar-refractivity contribution in [3.05, 3.63) is 94.6 Å². The zero-order valence-corrected chi connectivity index (χ0v) is 26.1. The topological polar surface area (TPSA) is 184 Å². The van der Waals surface area contributed by atoms with E-state index in [1.165, 1.54) is 55.4 Å². The first-order valence-corrected chi connectivity index (χ1v) is 14.2. The number of hydrogen-bond donors (Lipinski definition) is 3. The molecule has 0 spiro atoms. The van der Waals surface area contributed by atoms with Gasteiger partial charge >= 0.3 is 11.9 Å². The normalized spacial score (nSPS) is 10.5. The Morgan fingerprint density at radius 1 is 0.792 bits per heavy atom. The first-order valence-electron chi connectivity index (χ1n) is 14.2. The summed E-state index contributed by atoms with van der Waals surface area (Å²) in [5, 5.41) is 18.0. The number of carbonyl (C=O) groups excluding carboxylic acids is 3. The molecule has 0 unspecified atom stereocenters. The lowest BCUT2D eigenvalue weighted by Crippen LogP contribution is -2.21. The van der Waals surface area contributed by atoms with Gasteiger partial charge in [-0.1, -0.05) is 6.07 Å². The Balaban J connectivity index is 1.87. The van der Waals surface area contributed by atoms with Crippen molar-refractivity contribution in [2.75, 3.05) is 27.3 Å². The molecule has 13 nitrogen and oxygen atoms in total. The largest absolute Gasteiger partial charge is 0.504 e. The second-order valence-corrected chi connectivity index (χ2v) is 10.00. The minimum absolute atomic E-state index is 0.00716. The number of nitrogens with zero attached hydrogens (tertiary/aromatic N) is 2. The van der Waals surface area contributed by atoms with Crippen LogP contribution in [0, 0.1) is 17.0 Å². The van der Waals surface area contributed by atoms with Crippen molar-refractivity contribution < 1.29 is 52.0 Å². The molecule has 0 saturated heterocycles. The smallest absolute Gasteiger partial charge is 0.338 e. The van der Waals surface area contributed by atoms with Crippen LogP contribution >= 0.6 is 0 Å². The van der Waals surface area contributed by atoms with Gasteiger partial charge in [0.15, 0.2) is 11.5 Å². The number of nitrogens with two attached hydrogens (primary N) is 1. The van der Waals surface area contributed by atoms with E-state index in [-0.39, 0.29) is 52.9 Å². The third kappa shape index (κ3) is 7.93. The minimum Gasteiger partial charge on any atom is -0.504 e. The summed E-state index contributed by atoms with van der Waals surface area (Å²) in [7, 11) is 3.07. The van der Waals surface area contributed by atoms with Gasteiger partial charge in [-0.3, -0.25) is 10.2 Å². The number of carbonyl (C=O) groups is 3. The van der Waals surface area contributed by atoms with Crippen LogP contribution in [-0.4, -0.2) is 66.0 Å². The number of esters is 2. The van der Waals surface area contributed by atoms with E-state index in [4.69, 9.17) is 34.8 Å². The van der Waals surface area contributed by atoms with E-state index in [0.717, 1.165) is 24.3 Å². The second kappa shape index (κ2) is 14.9. The second-order valence-electron chi connectivity index (χ2n) is 10.00. The highest BCUT2D eigenvalue weighted by Gasteiger charge is 2.28. The van der Waals surface area contributed by atoms with Gasteiger partial charge < -0.3 is 39.4 Å². The molecule has 1 aromatic heterocycles. The third-order valence-electron chi connectivity index (χ3n) is 6.31. The molecule has 0 aliphatic rings. The number of ether oxygens (including phenoxy) is 5. The number of amides is 1. The van der Waals surface area contributed by atoms with Gasteiger partial charge in [0.2, 0.25) is 17.4 Å². The van der Waals surface area contributed by atoms with Crippen LogP contribution in [0.3, 0.4) is 0 Å². The van der Waals surface area contributed by atoms with Crippen LogP contribution in [0.25, 0.3) is 0 Å². The van der Waals surface area contributed by atoms with E-state index in [9.17, 15) is 19.5 Å². The van der Waals surface area contributed by atoms with Crippen LogP contribution in [0.2, 0.25) is 0 Å². The van der Waals surface area contributed by atoms with Crippen molar-refractivity contribution in [3.8, 4) is 40.5 Å². The van der Waals surface area contributed by atoms with Crippen molar-refractivity contribution in [3.63, 3.8) is 0 Å². The van der Waals surface area contributed by atoms with Gasteiger partial charge in [-0.25, -0.2) is 9.59 Å². The monoisotopic (exact) mass is 664 g/mol. The Kier molecular flexibility index (Phi) is 10.7. The molecule has 4 aromatic rings. The molecule has 0 saturated carbocycles. The molecule has 1 heterocycles. The number of aromatic nitrogens is 1. The number of nitrogens with one attached hydrogen (secondary N) is 1. The highest BCUT2D eigenvalue weighted by atomic mass is 19.1. The molecule has 0 fully saturated rings. The highest BCUT2D eigenvalue weighted by Crippen LogP contribution is 2.42. The number of amidine groups is 1. The Morgan fingerprint density at radius 3 is 1.90 bits per heavy atom. The molecule has 0 radical (unpaired) electrons. The van der Waals surface area contributed by atoms with Gasteiger partial charge in [0, 0.05) is 25.2 Å². The van der Waals surface area contributed by atoms with Gasteiger partial charge in [0.1, 0.15) is 17.3 Å². The average molecular weight is 665 g/mol. The molecule has 0 bridgehead atoms. The maximum absolute atomic E-state index is 16.0. The highest BCUT2D eigenvalue weighted by molar-refractivity contribution is 5.97. The molecule has 15 heteroatoms. The van der Waals surface area contributed by atoms with E-state index in [1.54, 1.807) is 13.8 Å². The number of halogens is 2. The van der Waals surface area contributed by atoms with Crippen molar-refractivity contribution in [2.24, 2.45) is 5.73 Å². The first-order chi connectivity index (χ1) is 22.8. The molecule has 0 atom stereocenters. The number of hydrogen-bond acceptors (Lipinski definition) is 11. The average Bonchev–Trinajstić information content (AvgIpc) is 3.05. The molecule has 1 amide bonds. The summed E-state index contributed by atoms with van der Waals surface area (Å²) in [6.07, 6.45) is 0. The number of phenols is 1. The fraction of sp³-hybridized carbons (Fsp3) is 0.182. The standard InChI is InChI=1S/C33H30F2N4O9/c1-5-44-32(42)19-12-20(33(43)45-6-2)15-22(14-19)47-30-26(35)27(48-24-16-17(28(36)37)10-11-23(24)40)25(34)29(38-30)46-21-9-7-8-18(13-21)31(41)39(3)4/h7-16,40H,5-6H2,1-4H3,(H3,36,37). The zero-order valence-electron chi connectivity index (χ0n) is 26.1. The van der Waals surface area contributed by atoms with E-state index in [1.807, 2.05) is 0 Å². The van der Waals surface area contributed by atoms with E-state index >= 15 is 8.78 Å². The van der Waals surface area contributed by atoms with Crippen LogP contribution < -0.4 is 19.9 Å². The first kappa shape index (κ1) is 34.6. The van der Waals surface area contributed by atoms with Crippen molar-refractivity contribution in [2.45, 2.75) is 13.8 Å². The van der Waals surface area contributed by atoms with E-state index in [0.29, 0.717) is 0 Å². The molecule has 0 aliphatic carbocycles. The van der Waals surface area contributed by atoms with Gasteiger partial charge in [-0.05, 0) is 68.4 Å². The maximum atomic E-state index is 16.0. The molecule has 3 aromatic carbocycles. The number of nitrogen functional groups attached to an aromatic ring is 1. The van der Waals surface area contributed by atoms with E-state index < -0.39 is 58.4 Å². The van der Waals surface area contributed by atoms with Crippen LogP contribution in [0.4, 0.5) is 8.78 Å². The summed E-state index contributed by atoms with van der Waals surface area (Å²) in [5.41, 5.74) is 5.46. The Labute approximate surface area is 272 Å². The molecule has 4 N–H and O–H groups in total. The fourth-order valence-corrected chi connectivity index (χ4v) is 4.08. The summed E-state index contributed by atoms with van der Waals surface area (Å²) < 4.78 is 58.7. The predicted molar refractivity (Wildman–Crippen MR) is 166 cm³/mol. The lowest BCUT2D eigenvalue weighted by Gasteiger charge is -2.16. The van der Waals surface area contributed by atoms with Crippen LogP contribution in [0.15, 0.2) is 60.7 Å². The molecular formula is C33H30F2N4O9. The van der Waals surface area contributed by atoms with Gasteiger partial charge in [-0.2, -0.15) is 13.8 Å². The quantitative estimate of drug-likeness (QED) is 0.0948. The molecule has 48 heavy (non-hydrogen) atoms. The Hall–Kier alpha value is -6.25. The van der Waals surface area contributed by atoms with Crippen LogP contribution in [0.5, 0.6) is 40.5 Å². The number of benzene rings is 3. The molecular weight excluding hydrogens is 634 g/mol. The zero-order chi connectivity index (χ0) is 35.1. The number of pyridine rings is 1. The predicted octanol–water partition coefficient (Wildman–Crippen LogP) is 5.78. The fourth-order valence-electron chi connectivity index (χ4n) is 4.08. The summed E-state index contributed by atoms with van der Waals surface area (Å²) in [5.74, 6) is -9.89. The number of phenolic OH excluding ortho intramolecular Hbond substituents is 1. The minimum atomic E-state index is -1.52. The van der Waals surface area contributed by atoms with Gasteiger partial charge in [0.05, 0.1) is 24.3 Å². The third-order valence-corrected chi connectivity index (χ3v) is 6.31. The van der Waals surface area contributed by atoms with Crippen LogP contribution in [-0.2, 0) is 9.47 Å². The maximum Gasteiger partial charge on any atom is 0.338 e. The van der Waals surface area contributed by atoms with Crippen LogP contribution in [0.1, 0.15) is 50.5 Å². The lowest BCUT2D eigenvalue weighted by molar-refractivity contribution is 0.0524. The summed E-state index contributed by atoms with van der Waals surface area (Å²) in [6, 6.07) is 12.5. The number of rotatable bonds is 12. The van der Waals surface area contributed by atoms with E-state index in [2.05, 4.69) is 4.98 Å². The molecule has 4 rings (SSSR count). The van der Waals surface area contributed by atoms with Gasteiger partial charge in [-0.15, -0.1) is 0 Å². The summed E-state index contributed by atoms with van der Waals surface area (Å²) in [6.45, 7) is 3.16. The van der Waals surface area contributed by atoms with Crippen molar-refractivity contribution >= 4 is 23.7 Å². The molecule has 0 aliphatic heterocycles. The van der Waals surface area contributed by atoms with Gasteiger partial charge in [0.25, 0.3) is 17.7 Å². The lowest BCUT2D eigenvalue weighted by atomic mass is 10.1. The van der Waals surface area contributed by atoms with Crippen molar-refractivity contribution in [1.29, 1.82) is 5.41 Å². The summed E-state index contributed by atoms with van der Waals surface area (Å²) >= 11 is 0. The van der Waals surface area contributed by atoms with Crippen molar-refractivity contribution in [1.82, 2.24) is 9.88 Å².